The fourth-order valence-corrected chi connectivity index (χ4v) is 5.28. The van der Waals surface area contributed by atoms with E-state index in [2.05, 4.69) is 0 Å². The average Bonchev–Trinajstić information content (AvgIpc) is 2.83. The quantitative estimate of drug-likeness (QED) is 0.522. The van der Waals surface area contributed by atoms with Gasteiger partial charge in [-0.3, -0.25) is 13.9 Å². The molecule has 33 heavy (non-hydrogen) atoms. The third kappa shape index (κ3) is 5.78. The van der Waals surface area contributed by atoms with Crippen LogP contribution in [0.4, 0.5) is 5.69 Å². The highest BCUT2D eigenvalue weighted by Gasteiger charge is 2.33. The lowest BCUT2D eigenvalue weighted by Gasteiger charge is -2.33. The molecule has 1 fully saturated rings. The number of hydrogen-bond donors (Lipinski definition) is 0. The first-order chi connectivity index (χ1) is 15.8. The Morgan fingerprint density at radius 3 is 2.33 bits per heavy atom. The number of esters is 1. The first-order valence-electron chi connectivity index (χ1n) is 10.6. The van der Waals surface area contributed by atoms with Crippen molar-refractivity contribution < 1.29 is 27.5 Å². The molecule has 2 aromatic carbocycles. The molecule has 1 saturated heterocycles. The van der Waals surface area contributed by atoms with Crippen LogP contribution in [0, 0.1) is 5.92 Å². The Bertz CT molecular complexity index is 1080. The van der Waals surface area contributed by atoms with Crippen LogP contribution >= 0.6 is 11.6 Å². The van der Waals surface area contributed by atoms with Crippen molar-refractivity contribution in [2.75, 3.05) is 37.7 Å². The van der Waals surface area contributed by atoms with Gasteiger partial charge in [0.05, 0.1) is 30.2 Å². The third-order valence-electron chi connectivity index (χ3n) is 5.50. The molecule has 8 nitrogen and oxygen atoms in total. The van der Waals surface area contributed by atoms with E-state index in [-0.39, 0.29) is 28.4 Å². The molecule has 1 aliphatic rings. The number of hydrogen-bond acceptors (Lipinski definition) is 6. The summed E-state index contributed by atoms with van der Waals surface area (Å²) in [6.45, 7) is 2.42. The molecule has 1 heterocycles. The van der Waals surface area contributed by atoms with Gasteiger partial charge in [0.15, 0.2) is 0 Å². The minimum atomic E-state index is -4.10. The van der Waals surface area contributed by atoms with Gasteiger partial charge in [-0.15, -0.1) is 0 Å². The van der Waals surface area contributed by atoms with Crippen molar-refractivity contribution in [2.45, 2.75) is 24.7 Å². The fourth-order valence-electron chi connectivity index (χ4n) is 3.73. The lowest BCUT2D eigenvalue weighted by Crippen LogP contribution is -2.46. The van der Waals surface area contributed by atoms with Crippen molar-refractivity contribution in [1.82, 2.24) is 4.90 Å². The van der Waals surface area contributed by atoms with Crippen LogP contribution in [0.5, 0.6) is 5.75 Å². The van der Waals surface area contributed by atoms with Crippen LogP contribution in [0.15, 0.2) is 53.4 Å². The minimum Gasteiger partial charge on any atom is -0.492 e. The van der Waals surface area contributed by atoms with Crippen molar-refractivity contribution in [3.8, 4) is 5.75 Å². The zero-order valence-corrected chi connectivity index (χ0v) is 20.1. The van der Waals surface area contributed by atoms with Crippen molar-refractivity contribution in [3.63, 3.8) is 0 Å². The zero-order valence-electron chi connectivity index (χ0n) is 18.6. The van der Waals surface area contributed by atoms with Gasteiger partial charge < -0.3 is 14.4 Å². The van der Waals surface area contributed by atoms with E-state index in [4.69, 9.17) is 21.1 Å². The maximum atomic E-state index is 13.6. The SMILES string of the molecule is CCOc1ccccc1N(CC(=O)N1CCC(C(=O)OC)CC1)S(=O)(=O)c1ccc(Cl)cc1. The monoisotopic (exact) mass is 494 g/mol. The van der Waals surface area contributed by atoms with Crippen molar-refractivity contribution in [2.24, 2.45) is 5.92 Å². The number of likely N-dealkylation sites (tertiary alicyclic amines) is 1. The van der Waals surface area contributed by atoms with Crippen LogP contribution < -0.4 is 9.04 Å². The van der Waals surface area contributed by atoms with Crippen LogP contribution in [0.1, 0.15) is 19.8 Å². The number of piperidine rings is 1. The lowest BCUT2D eigenvalue weighted by molar-refractivity contribution is -0.148. The number of halogens is 1. The van der Waals surface area contributed by atoms with Crippen LogP contribution in [-0.4, -0.2) is 58.5 Å². The predicted molar refractivity (Wildman–Crippen MR) is 125 cm³/mol. The minimum absolute atomic E-state index is 0.00963. The summed E-state index contributed by atoms with van der Waals surface area (Å²) in [4.78, 5) is 26.5. The van der Waals surface area contributed by atoms with Crippen molar-refractivity contribution >= 4 is 39.2 Å². The summed E-state index contributed by atoms with van der Waals surface area (Å²) < 4.78 is 38.7. The van der Waals surface area contributed by atoms with Crippen LogP contribution in [-0.2, 0) is 24.3 Å². The number of methoxy groups -OCH3 is 1. The molecular weight excluding hydrogens is 468 g/mol. The summed E-state index contributed by atoms with van der Waals surface area (Å²) in [5.74, 6) is -0.553. The maximum Gasteiger partial charge on any atom is 0.308 e. The van der Waals surface area contributed by atoms with E-state index in [0.29, 0.717) is 43.3 Å². The topological polar surface area (TPSA) is 93.2 Å². The Labute approximate surface area is 199 Å². The number of sulfonamides is 1. The zero-order chi connectivity index (χ0) is 24.0. The van der Waals surface area contributed by atoms with E-state index < -0.39 is 16.6 Å². The van der Waals surface area contributed by atoms with Gasteiger partial charge in [0, 0.05) is 18.1 Å². The largest absolute Gasteiger partial charge is 0.492 e. The lowest BCUT2D eigenvalue weighted by atomic mass is 9.97. The Balaban J connectivity index is 1.91. The molecular formula is C23H27ClN2O6S. The second-order valence-electron chi connectivity index (χ2n) is 7.54. The second kappa shape index (κ2) is 10.9. The molecule has 0 atom stereocenters. The Hall–Kier alpha value is -2.78. The predicted octanol–water partition coefficient (Wildman–Crippen LogP) is 3.35. The number of benzene rings is 2. The summed E-state index contributed by atoms with van der Waals surface area (Å²) in [5.41, 5.74) is 0.270. The Kier molecular flexibility index (Phi) is 8.20. The molecule has 0 N–H and O–H groups in total. The molecule has 1 aliphatic heterocycles. The van der Waals surface area contributed by atoms with Gasteiger partial charge in [0.2, 0.25) is 5.91 Å². The first-order valence-corrected chi connectivity index (χ1v) is 12.5. The van der Waals surface area contributed by atoms with Crippen LogP contribution in [0.3, 0.4) is 0 Å². The van der Waals surface area contributed by atoms with E-state index in [1.807, 2.05) is 0 Å². The van der Waals surface area contributed by atoms with E-state index in [1.54, 1.807) is 36.1 Å². The number of amides is 1. The third-order valence-corrected chi connectivity index (χ3v) is 7.52. The van der Waals surface area contributed by atoms with Gasteiger partial charge in [-0.25, -0.2) is 8.42 Å². The van der Waals surface area contributed by atoms with Crippen molar-refractivity contribution in [3.05, 3.63) is 53.6 Å². The summed E-state index contributed by atoms with van der Waals surface area (Å²) in [5, 5.41) is 0.403. The van der Waals surface area contributed by atoms with Crippen LogP contribution in [0.2, 0.25) is 5.02 Å². The summed E-state index contributed by atoms with van der Waals surface area (Å²) in [6.07, 6.45) is 0.940. The molecule has 0 aromatic heterocycles. The van der Waals surface area contributed by atoms with E-state index in [9.17, 15) is 18.0 Å². The molecule has 0 unspecified atom stereocenters. The highest BCUT2D eigenvalue weighted by atomic mass is 35.5. The molecule has 0 spiro atoms. The number of anilines is 1. The molecule has 0 aliphatic carbocycles. The molecule has 0 bridgehead atoms. The highest BCUT2D eigenvalue weighted by molar-refractivity contribution is 7.92. The van der Waals surface area contributed by atoms with Gasteiger partial charge in [-0.1, -0.05) is 23.7 Å². The molecule has 1 amide bonds. The first kappa shape index (κ1) is 24.9. The van der Waals surface area contributed by atoms with Gasteiger partial charge in [0.1, 0.15) is 12.3 Å². The summed E-state index contributed by atoms with van der Waals surface area (Å²) in [6, 6.07) is 12.5. The molecule has 0 saturated carbocycles. The Morgan fingerprint density at radius 1 is 1.09 bits per heavy atom. The maximum absolute atomic E-state index is 13.6. The molecule has 3 rings (SSSR count). The van der Waals surface area contributed by atoms with Gasteiger partial charge in [-0.05, 0) is 56.2 Å². The van der Waals surface area contributed by atoms with Gasteiger partial charge in [0.25, 0.3) is 10.0 Å². The second-order valence-corrected chi connectivity index (χ2v) is 9.84. The fraction of sp³-hybridized carbons (Fsp3) is 0.391. The van der Waals surface area contributed by atoms with Crippen LogP contribution in [0.25, 0.3) is 0 Å². The molecule has 2 aromatic rings. The molecule has 10 heteroatoms. The number of carbonyl (C=O) groups is 2. The van der Waals surface area contributed by atoms with Crippen molar-refractivity contribution in [1.29, 1.82) is 0 Å². The summed E-state index contributed by atoms with van der Waals surface area (Å²) in [7, 11) is -2.76. The van der Waals surface area contributed by atoms with E-state index >= 15 is 0 Å². The molecule has 178 valence electrons. The number of para-hydroxylation sites is 2. The molecule has 0 radical (unpaired) electrons. The Morgan fingerprint density at radius 2 is 1.73 bits per heavy atom. The van der Waals surface area contributed by atoms with Gasteiger partial charge >= 0.3 is 5.97 Å². The summed E-state index contributed by atoms with van der Waals surface area (Å²) >= 11 is 5.93. The average molecular weight is 495 g/mol. The number of carbonyl (C=O) groups excluding carboxylic acids is 2. The highest BCUT2D eigenvalue weighted by Crippen LogP contribution is 2.33. The smallest absolute Gasteiger partial charge is 0.308 e. The standard InChI is InChI=1S/C23H27ClN2O6S/c1-3-32-21-7-5-4-6-20(21)26(33(29,30)19-10-8-18(24)9-11-19)16-22(27)25-14-12-17(13-15-25)23(28)31-2/h4-11,17H,3,12-16H2,1-2H3. The number of ether oxygens (including phenoxy) is 2. The normalized spacial score (nSPS) is 14.6. The van der Waals surface area contributed by atoms with E-state index in [1.165, 1.54) is 31.4 Å². The van der Waals surface area contributed by atoms with Gasteiger partial charge in [-0.2, -0.15) is 0 Å². The number of rotatable bonds is 8. The van der Waals surface area contributed by atoms with E-state index in [0.717, 1.165) is 4.31 Å². The number of nitrogens with zero attached hydrogens (tertiary/aromatic N) is 2.